The summed E-state index contributed by atoms with van der Waals surface area (Å²) in [4.78, 5) is 12.0. The molecule has 0 aliphatic rings. The Morgan fingerprint density at radius 2 is 2.22 bits per heavy atom. The number of amides is 1. The van der Waals surface area contributed by atoms with Crippen molar-refractivity contribution in [3.05, 3.63) is 35.5 Å². The van der Waals surface area contributed by atoms with Gasteiger partial charge in [0.1, 0.15) is 5.75 Å². The molecule has 6 heteroatoms. The number of hydrogen-bond acceptors (Lipinski definition) is 4. The number of hydrogen-bond donors (Lipinski definition) is 3. The van der Waals surface area contributed by atoms with Crippen LogP contribution in [0.1, 0.15) is 16.1 Å². The number of nitrogens with two attached hydrogens (primary N) is 1. The molecular formula is C12H14N4O2. The summed E-state index contributed by atoms with van der Waals surface area (Å²) in [6, 6.07) is 6.60. The van der Waals surface area contributed by atoms with Crippen LogP contribution in [0.4, 0.5) is 11.5 Å². The van der Waals surface area contributed by atoms with Gasteiger partial charge in [0.05, 0.1) is 12.7 Å². The second-order valence-electron chi connectivity index (χ2n) is 3.85. The quantitative estimate of drug-likeness (QED) is 0.716. The van der Waals surface area contributed by atoms with E-state index in [-0.39, 0.29) is 5.91 Å². The number of aromatic amines is 1. The van der Waals surface area contributed by atoms with E-state index >= 15 is 0 Å². The molecule has 2 aromatic rings. The fourth-order valence-corrected chi connectivity index (χ4v) is 1.56. The van der Waals surface area contributed by atoms with Crippen molar-refractivity contribution >= 4 is 17.4 Å². The number of nitrogens with one attached hydrogen (secondary N) is 2. The van der Waals surface area contributed by atoms with Crippen LogP contribution in [0.25, 0.3) is 0 Å². The minimum Gasteiger partial charge on any atom is -0.496 e. The number of carbonyl (C=O) groups is 1. The summed E-state index contributed by atoms with van der Waals surface area (Å²) in [5, 5.41) is 9.35. The average Bonchev–Trinajstić information content (AvgIpc) is 2.74. The van der Waals surface area contributed by atoms with Crippen LogP contribution in [0, 0.1) is 6.92 Å². The lowest BCUT2D eigenvalue weighted by Gasteiger charge is -2.08. The third-order valence-corrected chi connectivity index (χ3v) is 2.42. The maximum Gasteiger partial charge on any atom is 0.260 e. The largest absolute Gasteiger partial charge is 0.496 e. The van der Waals surface area contributed by atoms with E-state index in [0.717, 1.165) is 5.69 Å². The minimum absolute atomic E-state index is 0.293. The SMILES string of the molecule is COc1cc(N)ccc1C(=O)Nc1cc(C)[nH]n1. The number of rotatable bonds is 3. The molecular weight excluding hydrogens is 232 g/mol. The number of aryl methyl sites for hydroxylation is 1. The molecule has 94 valence electrons. The average molecular weight is 246 g/mol. The number of nitrogen functional groups attached to an aromatic ring is 1. The van der Waals surface area contributed by atoms with Gasteiger partial charge in [0, 0.05) is 23.5 Å². The number of aromatic nitrogens is 2. The summed E-state index contributed by atoms with van der Waals surface area (Å²) in [7, 11) is 1.49. The van der Waals surface area contributed by atoms with Crippen molar-refractivity contribution in [2.75, 3.05) is 18.2 Å². The van der Waals surface area contributed by atoms with Crippen LogP contribution in [0.15, 0.2) is 24.3 Å². The topological polar surface area (TPSA) is 93.0 Å². The highest BCUT2D eigenvalue weighted by atomic mass is 16.5. The predicted octanol–water partition coefficient (Wildman–Crippen LogP) is 1.56. The predicted molar refractivity (Wildman–Crippen MR) is 68.7 cm³/mol. The van der Waals surface area contributed by atoms with Crippen LogP contribution in [-0.2, 0) is 0 Å². The normalized spacial score (nSPS) is 10.1. The van der Waals surface area contributed by atoms with Crippen LogP contribution < -0.4 is 15.8 Å². The van der Waals surface area contributed by atoms with E-state index in [1.807, 2.05) is 6.92 Å². The lowest BCUT2D eigenvalue weighted by atomic mass is 10.1. The molecule has 1 heterocycles. The van der Waals surface area contributed by atoms with Crippen molar-refractivity contribution in [2.45, 2.75) is 6.92 Å². The monoisotopic (exact) mass is 246 g/mol. The molecule has 1 aromatic heterocycles. The van der Waals surface area contributed by atoms with Gasteiger partial charge in [-0.25, -0.2) is 0 Å². The molecule has 0 atom stereocenters. The number of nitrogens with zero attached hydrogens (tertiary/aromatic N) is 1. The second-order valence-corrected chi connectivity index (χ2v) is 3.85. The Labute approximate surface area is 104 Å². The maximum absolute atomic E-state index is 12.0. The molecule has 0 saturated heterocycles. The lowest BCUT2D eigenvalue weighted by Crippen LogP contribution is -2.13. The molecule has 1 aromatic carbocycles. The van der Waals surface area contributed by atoms with Crippen molar-refractivity contribution in [3.8, 4) is 5.75 Å². The van der Waals surface area contributed by atoms with E-state index in [1.54, 1.807) is 24.3 Å². The summed E-state index contributed by atoms with van der Waals surface area (Å²) < 4.78 is 5.12. The molecule has 2 rings (SSSR count). The zero-order chi connectivity index (χ0) is 13.1. The van der Waals surface area contributed by atoms with Crippen molar-refractivity contribution < 1.29 is 9.53 Å². The molecule has 0 saturated carbocycles. The van der Waals surface area contributed by atoms with Gasteiger partial charge in [-0.3, -0.25) is 9.89 Å². The molecule has 0 bridgehead atoms. The Morgan fingerprint density at radius 3 is 2.83 bits per heavy atom. The number of ether oxygens (including phenoxy) is 1. The first-order valence-electron chi connectivity index (χ1n) is 5.37. The molecule has 0 aliphatic heterocycles. The molecule has 0 unspecified atom stereocenters. The van der Waals surface area contributed by atoms with Crippen LogP contribution >= 0.6 is 0 Å². The lowest BCUT2D eigenvalue weighted by molar-refractivity contribution is 0.102. The van der Waals surface area contributed by atoms with E-state index in [9.17, 15) is 4.79 Å². The molecule has 0 radical (unpaired) electrons. The number of H-pyrrole nitrogens is 1. The van der Waals surface area contributed by atoms with E-state index < -0.39 is 0 Å². The number of anilines is 2. The second kappa shape index (κ2) is 4.79. The van der Waals surface area contributed by atoms with E-state index in [4.69, 9.17) is 10.5 Å². The van der Waals surface area contributed by atoms with Gasteiger partial charge in [-0.15, -0.1) is 0 Å². The van der Waals surface area contributed by atoms with Crippen molar-refractivity contribution in [1.29, 1.82) is 0 Å². The van der Waals surface area contributed by atoms with Gasteiger partial charge < -0.3 is 15.8 Å². The Balaban J connectivity index is 2.23. The highest BCUT2D eigenvalue weighted by molar-refractivity contribution is 6.06. The minimum atomic E-state index is -0.293. The van der Waals surface area contributed by atoms with Gasteiger partial charge in [0.2, 0.25) is 0 Å². The first kappa shape index (κ1) is 12.0. The van der Waals surface area contributed by atoms with E-state index in [0.29, 0.717) is 22.8 Å². The fourth-order valence-electron chi connectivity index (χ4n) is 1.56. The third-order valence-electron chi connectivity index (χ3n) is 2.42. The first-order chi connectivity index (χ1) is 8.60. The van der Waals surface area contributed by atoms with Gasteiger partial charge in [-0.05, 0) is 19.1 Å². The van der Waals surface area contributed by atoms with Gasteiger partial charge in [0.25, 0.3) is 5.91 Å². The summed E-state index contributed by atoms with van der Waals surface area (Å²) in [5.74, 6) is 0.606. The van der Waals surface area contributed by atoms with E-state index in [1.165, 1.54) is 7.11 Å². The molecule has 6 nitrogen and oxygen atoms in total. The van der Waals surface area contributed by atoms with Gasteiger partial charge in [-0.2, -0.15) is 5.10 Å². The summed E-state index contributed by atoms with van der Waals surface area (Å²) in [6.45, 7) is 1.85. The number of methoxy groups -OCH3 is 1. The van der Waals surface area contributed by atoms with Gasteiger partial charge in [-0.1, -0.05) is 0 Å². The van der Waals surface area contributed by atoms with Crippen LogP contribution in [-0.4, -0.2) is 23.2 Å². The molecule has 0 aliphatic carbocycles. The third kappa shape index (κ3) is 2.42. The van der Waals surface area contributed by atoms with Gasteiger partial charge in [0.15, 0.2) is 5.82 Å². The Hall–Kier alpha value is -2.50. The zero-order valence-corrected chi connectivity index (χ0v) is 10.2. The summed E-state index contributed by atoms with van der Waals surface area (Å²) in [6.07, 6.45) is 0. The summed E-state index contributed by atoms with van der Waals surface area (Å²) >= 11 is 0. The van der Waals surface area contributed by atoms with Crippen LogP contribution in [0.3, 0.4) is 0 Å². The fraction of sp³-hybridized carbons (Fsp3) is 0.167. The molecule has 0 spiro atoms. The Bertz CT molecular complexity index is 577. The highest BCUT2D eigenvalue weighted by Crippen LogP contribution is 2.22. The smallest absolute Gasteiger partial charge is 0.260 e. The highest BCUT2D eigenvalue weighted by Gasteiger charge is 2.13. The van der Waals surface area contributed by atoms with Crippen LogP contribution in [0.5, 0.6) is 5.75 Å². The molecule has 0 fully saturated rings. The zero-order valence-electron chi connectivity index (χ0n) is 10.2. The van der Waals surface area contributed by atoms with Gasteiger partial charge >= 0.3 is 0 Å². The van der Waals surface area contributed by atoms with Crippen molar-refractivity contribution in [1.82, 2.24) is 10.2 Å². The van der Waals surface area contributed by atoms with Crippen molar-refractivity contribution in [2.24, 2.45) is 0 Å². The summed E-state index contributed by atoms with van der Waals surface area (Å²) in [5.41, 5.74) is 7.45. The van der Waals surface area contributed by atoms with Crippen molar-refractivity contribution in [3.63, 3.8) is 0 Å². The van der Waals surface area contributed by atoms with Crippen LogP contribution in [0.2, 0.25) is 0 Å². The first-order valence-corrected chi connectivity index (χ1v) is 5.37. The standard InChI is InChI=1S/C12H14N4O2/c1-7-5-11(16-15-7)14-12(17)9-4-3-8(13)6-10(9)18-2/h3-6H,13H2,1-2H3,(H2,14,15,16,17). The molecule has 1 amide bonds. The number of benzene rings is 1. The Morgan fingerprint density at radius 1 is 1.44 bits per heavy atom. The number of carbonyl (C=O) groups excluding carboxylic acids is 1. The molecule has 18 heavy (non-hydrogen) atoms. The van der Waals surface area contributed by atoms with E-state index in [2.05, 4.69) is 15.5 Å². The molecule has 4 N–H and O–H groups in total. The Kier molecular flexibility index (Phi) is 3.18. The maximum atomic E-state index is 12.0.